The molecule has 20 heavy (non-hydrogen) atoms. The van der Waals surface area contributed by atoms with Crippen LogP contribution in [-0.2, 0) is 4.74 Å². The second kappa shape index (κ2) is 6.02. The Balaban J connectivity index is 0.000000704. The Morgan fingerprint density at radius 2 is 2.30 bits per heavy atom. The molecule has 110 valence electrons. The highest BCUT2D eigenvalue weighted by molar-refractivity contribution is 5.70. The molecule has 1 saturated heterocycles. The number of aliphatic hydroxyl groups is 1. The van der Waals surface area contributed by atoms with Crippen LogP contribution in [0.15, 0.2) is 11.1 Å². The number of hydrogen-bond donors (Lipinski definition) is 3. The summed E-state index contributed by atoms with van der Waals surface area (Å²) in [5.41, 5.74) is 6.02. The van der Waals surface area contributed by atoms with E-state index >= 15 is 0 Å². The van der Waals surface area contributed by atoms with Crippen molar-refractivity contribution in [1.82, 2.24) is 19.5 Å². The number of imidazole rings is 1. The van der Waals surface area contributed by atoms with E-state index in [-0.39, 0.29) is 23.8 Å². The van der Waals surface area contributed by atoms with Crippen LogP contribution in [0.4, 0.5) is 5.95 Å². The molecular weight excluding hydrogens is 262 g/mol. The van der Waals surface area contributed by atoms with E-state index in [0.717, 1.165) is 26.4 Å². The lowest BCUT2D eigenvalue weighted by molar-refractivity contribution is 0.00290. The second-order valence-electron chi connectivity index (χ2n) is 4.47. The van der Waals surface area contributed by atoms with Crippen LogP contribution in [-0.4, -0.2) is 37.8 Å². The van der Waals surface area contributed by atoms with Crippen LogP contribution in [0.2, 0.25) is 0 Å². The van der Waals surface area contributed by atoms with Crippen molar-refractivity contribution in [1.29, 1.82) is 0 Å². The van der Waals surface area contributed by atoms with Crippen molar-refractivity contribution < 1.29 is 9.84 Å². The second-order valence-corrected chi connectivity index (χ2v) is 4.47. The van der Waals surface area contributed by atoms with E-state index < -0.39 is 0 Å². The Morgan fingerprint density at radius 1 is 1.55 bits per heavy atom. The number of fused-ring (bicyclic) bond motifs is 1. The van der Waals surface area contributed by atoms with Crippen molar-refractivity contribution in [3.63, 3.8) is 0 Å². The minimum absolute atomic E-state index is 0.0966. The molecule has 0 aromatic carbocycles. The molecule has 0 amide bonds. The third-order valence-corrected chi connectivity index (χ3v) is 3.30. The van der Waals surface area contributed by atoms with Gasteiger partial charge in [-0.2, -0.15) is 4.98 Å². The number of aromatic amines is 1. The molecule has 2 aromatic heterocycles. The average molecular weight is 281 g/mol. The highest BCUT2D eigenvalue weighted by Crippen LogP contribution is 2.31. The Labute approximate surface area is 115 Å². The molecule has 3 rings (SSSR count). The molecule has 0 aliphatic carbocycles. The van der Waals surface area contributed by atoms with E-state index in [2.05, 4.69) is 21.9 Å². The van der Waals surface area contributed by atoms with Gasteiger partial charge >= 0.3 is 0 Å². The summed E-state index contributed by atoms with van der Waals surface area (Å²) in [6.07, 6.45) is 4.66. The maximum absolute atomic E-state index is 11.7. The first kappa shape index (κ1) is 14.5. The van der Waals surface area contributed by atoms with E-state index in [1.807, 2.05) is 0 Å². The number of aromatic nitrogens is 4. The minimum Gasteiger partial charge on any atom is -0.400 e. The summed E-state index contributed by atoms with van der Waals surface area (Å²) >= 11 is 0. The molecule has 4 N–H and O–H groups in total. The Morgan fingerprint density at radius 3 is 2.95 bits per heavy atom. The first-order chi connectivity index (χ1) is 9.69. The summed E-state index contributed by atoms with van der Waals surface area (Å²) < 4.78 is 7.66. The van der Waals surface area contributed by atoms with Crippen LogP contribution in [0.1, 0.15) is 32.4 Å². The van der Waals surface area contributed by atoms with Gasteiger partial charge in [0.15, 0.2) is 11.2 Å². The van der Waals surface area contributed by atoms with Gasteiger partial charge in [-0.15, -0.1) is 0 Å². The highest BCUT2D eigenvalue weighted by Gasteiger charge is 2.27. The standard InChI is InChI=1S/C11H15N5O2.CH4O/c1-2-6-3-4-7(18-6)16-5-13-8-9(16)14-11(12)15-10(8)17;1-2/h5-7H,2-4H2,1H3,(H3,12,14,15,17);2H,1H3. The number of nitrogens with zero attached hydrogens (tertiary/aromatic N) is 3. The van der Waals surface area contributed by atoms with Crippen molar-refractivity contribution in [3.05, 3.63) is 16.7 Å². The average Bonchev–Trinajstić information content (AvgIpc) is 3.06. The van der Waals surface area contributed by atoms with Gasteiger partial charge in [0.05, 0.1) is 12.4 Å². The topological polar surface area (TPSA) is 119 Å². The molecular formula is C12H19N5O3. The number of hydrogen-bond acceptors (Lipinski definition) is 6. The number of H-pyrrole nitrogens is 1. The van der Waals surface area contributed by atoms with Crippen molar-refractivity contribution in [2.75, 3.05) is 12.8 Å². The molecule has 3 heterocycles. The van der Waals surface area contributed by atoms with E-state index in [0.29, 0.717) is 11.2 Å². The number of nitrogens with one attached hydrogen (secondary N) is 1. The molecule has 0 radical (unpaired) electrons. The van der Waals surface area contributed by atoms with E-state index in [9.17, 15) is 4.79 Å². The maximum atomic E-state index is 11.7. The van der Waals surface area contributed by atoms with Crippen molar-refractivity contribution in [2.24, 2.45) is 0 Å². The fourth-order valence-corrected chi connectivity index (χ4v) is 2.35. The molecule has 1 fully saturated rings. The molecule has 1 aliphatic rings. The lowest BCUT2D eigenvalue weighted by Crippen LogP contribution is -2.14. The lowest BCUT2D eigenvalue weighted by Gasteiger charge is -2.14. The van der Waals surface area contributed by atoms with E-state index in [4.69, 9.17) is 15.6 Å². The summed E-state index contributed by atoms with van der Waals surface area (Å²) in [6, 6.07) is 0. The fraction of sp³-hybridized carbons (Fsp3) is 0.583. The molecule has 0 bridgehead atoms. The van der Waals surface area contributed by atoms with Gasteiger partial charge in [-0.25, -0.2) is 4.98 Å². The molecule has 1 aliphatic heterocycles. The highest BCUT2D eigenvalue weighted by atomic mass is 16.5. The summed E-state index contributed by atoms with van der Waals surface area (Å²) in [6.45, 7) is 2.10. The molecule has 2 unspecified atom stereocenters. The predicted octanol–water partition coefficient (Wildman–Crippen LogP) is 0.398. The smallest absolute Gasteiger partial charge is 0.280 e. The van der Waals surface area contributed by atoms with Gasteiger partial charge < -0.3 is 15.6 Å². The Hall–Kier alpha value is -1.93. The molecule has 8 nitrogen and oxygen atoms in total. The summed E-state index contributed by atoms with van der Waals surface area (Å²) in [7, 11) is 1.00. The zero-order valence-electron chi connectivity index (χ0n) is 11.5. The summed E-state index contributed by atoms with van der Waals surface area (Å²) in [5.74, 6) is 0.0966. The van der Waals surface area contributed by atoms with Crippen molar-refractivity contribution >= 4 is 17.1 Å². The molecule has 0 spiro atoms. The van der Waals surface area contributed by atoms with Gasteiger partial charge in [-0.1, -0.05) is 6.92 Å². The van der Waals surface area contributed by atoms with Crippen LogP contribution in [0.5, 0.6) is 0 Å². The third kappa shape index (κ3) is 2.52. The summed E-state index contributed by atoms with van der Waals surface area (Å²) in [4.78, 5) is 22.3. The van der Waals surface area contributed by atoms with Gasteiger partial charge in [-0.3, -0.25) is 14.3 Å². The lowest BCUT2D eigenvalue weighted by atomic mass is 10.2. The maximum Gasteiger partial charge on any atom is 0.280 e. The Kier molecular flexibility index (Phi) is 4.35. The Bertz CT molecular complexity index is 636. The predicted molar refractivity (Wildman–Crippen MR) is 74.1 cm³/mol. The molecule has 8 heteroatoms. The number of aliphatic hydroxyl groups excluding tert-OH is 1. The number of rotatable bonds is 2. The largest absolute Gasteiger partial charge is 0.400 e. The zero-order valence-corrected chi connectivity index (χ0v) is 11.5. The fourth-order valence-electron chi connectivity index (χ4n) is 2.35. The summed E-state index contributed by atoms with van der Waals surface area (Å²) in [5, 5.41) is 7.00. The van der Waals surface area contributed by atoms with Crippen LogP contribution in [0.3, 0.4) is 0 Å². The molecule has 0 saturated carbocycles. The number of nitrogen functional groups attached to an aromatic ring is 1. The number of anilines is 1. The first-order valence-electron chi connectivity index (χ1n) is 6.51. The SMILES string of the molecule is CCC1CCC(n2cnc3c(=O)[nH]c(N)nc32)O1.CO. The van der Waals surface area contributed by atoms with E-state index in [1.54, 1.807) is 10.9 Å². The monoisotopic (exact) mass is 281 g/mol. The van der Waals surface area contributed by atoms with Crippen molar-refractivity contribution in [2.45, 2.75) is 38.5 Å². The van der Waals surface area contributed by atoms with Crippen LogP contribution >= 0.6 is 0 Å². The number of nitrogens with two attached hydrogens (primary N) is 1. The van der Waals surface area contributed by atoms with E-state index in [1.165, 1.54) is 0 Å². The van der Waals surface area contributed by atoms with Gasteiger partial charge in [0.1, 0.15) is 6.23 Å². The van der Waals surface area contributed by atoms with Crippen LogP contribution < -0.4 is 11.3 Å². The minimum atomic E-state index is -0.318. The van der Waals surface area contributed by atoms with Gasteiger partial charge in [-0.05, 0) is 19.3 Å². The number of ether oxygens (including phenoxy) is 1. The molecule has 2 atom stereocenters. The molecule has 2 aromatic rings. The normalized spacial score (nSPS) is 21.8. The van der Waals surface area contributed by atoms with Crippen LogP contribution in [0, 0.1) is 0 Å². The van der Waals surface area contributed by atoms with Gasteiger partial charge in [0.2, 0.25) is 5.95 Å². The third-order valence-electron chi connectivity index (χ3n) is 3.30. The van der Waals surface area contributed by atoms with Gasteiger partial charge in [0, 0.05) is 7.11 Å². The van der Waals surface area contributed by atoms with Crippen molar-refractivity contribution in [3.8, 4) is 0 Å². The zero-order chi connectivity index (χ0) is 14.7. The van der Waals surface area contributed by atoms with Gasteiger partial charge in [0.25, 0.3) is 5.56 Å². The van der Waals surface area contributed by atoms with Crippen LogP contribution in [0.25, 0.3) is 11.2 Å². The first-order valence-corrected chi connectivity index (χ1v) is 6.51. The quantitative estimate of drug-likeness (QED) is 0.733.